The SMILES string of the molecule is Cc1cc(C)c(N)c(-c2nc3cc(C)cc(C)c3o2)c1. The Labute approximate surface area is 118 Å². The van der Waals surface area contributed by atoms with Crippen LogP contribution in [-0.2, 0) is 0 Å². The highest BCUT2D eigenvalue weighted by molar-refractivity contribution is 5.83. The lowest BCUT2D eigenvalue weighted by atomic mass is 10.0. The molecule has 20 heavy (non-hydrogen) atoms. The molecule has 0 aliphatic rings. The van der Waals surface area contributed by atoms with Gasteiger partial charge in [-0.2, -0.15) is 0 Å². The van der Waals surface area contributed by atoms with E-state index in [1.807, 2.05) is 32.9 Å². The van der Waals surface area contributed by atoms with Crippen LogP contribution in [0.2, 0.25) is 0 Å². The molecule has 2 N–H and O–H groups in total. The summed E-state index contributed by atoms with van der Waals surface area (Å²) in [5, 5.41) is 0. The summed E-state index contributed by atoms with van der Waals surface area (Å²) in [5.74, 6) is 0.595. The smallest absolute Gasteiger partial charge is 0.229 e. The molecule has 0 bridgehead atoms. The van der Waals surface area contributed by atoms with Gasteiger partial charge in [-0.25, -0.2) is 4.98 Å². The quantitative estimate of drug-likeness (QED) is 0.668. The standard InChI is InChI=1S/C17H18N2O/c1-9-5-11(3)15(18)13(7-9)17-19-14-8-10(2)6-12(4)16(14)20-17/h5-8H,18H2,1-4H3. The molecule has 0 radical (unpaired) electrons. The molecule has 0 aliphatic carbocycles. The van der Waals surface area contributed by atoms with Gasteiger partial charge in [-0.3, -0.25) is 0 Å². The fraction of sp³-hybridized carbons (Fsp3) is 0.235. The first kappa shape index (κ1) is 12.7. The molecule has 0 unspecified atom stereocenters. The van der Waals surface area contributed by atoms with Gasteiger partial charge < -0.3 is 10.2 Å². The normalized spacial score (nSPS) is 11.2. The highest BCUT2D eigenvalue weighted by Crippen LogP contribution is 2.32. The van der Waals surface area contributed by atoms with Crippen molar-refractivity contribution in [3.8, 4) is 11.5 Å². The summed E-state index contributed by atoms with van der Waals surface area (Å²) >= 11 is 0. The predicted octanol–water partition coefficient (Wildman–Crippen LogP) is 4.31. The first-order chi connectivity index (χ1) is 9.45. The van der Waals surface area contributed by atoms with E-state index in [0.717, 1.165) is 39.0 Å². The number of rotatable bonds is 1. The molecule has 0 aliphatic heterocycles. The molecule has 3 nitrogen and oxygen atoms in total. The van der Waals surface area contributed by atoms with Gasteiger partial charge in [-0.15, -0.1) is 0 Å². The first-order valence-electron chi connectivity index (χ1n) is 6.70. The summed E-state index contributed by atoms with van der Waals surface area (Å²) in [6.07, 6.45) is 0. The summed E-state index contributed by atoms with van der Waals surface area (Å²) in [4.78, 5) is 4.60. The second-order valence-corrected chi connectivity index (χ2v) is 5.49. The third-order valence-corrected chi connectivity index (χ3v) is 3.58. The largest absolute Gasteiger partial charge is 0.436 e. The zero-order valence-corrected chi connectivity index (χ0v) is 12.2. The second kappa shape index (κ2) is 4.37. The number of oxazole rings is 1. The Kier molecular flexibility index (Phi) is 2.78. The Morgan fingerprint density at radius 3 is 2.30 bits per heavy atom. The van der Waals surface area contributed by atoms with E-state index in [1.54, 1.807) is 0 Å². The van der Waals surface area contributed by atoms with Crippen LogP contribution in [0.3, 0.4) is 0 Å². The molecule has 0 fully saturated rings. The van der Waals surface area contributed by atoms with Crippen molar-refractivity contribution in [1.29, 1.82) is 0 Å². The van der Waals surface area contributed by atoms with Crippen LogP contribution < -0.4 is 5.73 Å². The Hall–Kier alpha value is -2.29. The van der Waals surface area contributed by atoms with Gasteiger partial charge in [0.05, 0.1) is 5.56 Å². The van der Waals surface area contributed by atoms with Crippen LogP contribution in [0.5, 0.6) is 0 Å². The van der Waals surface area contributed by atoms with Crippen LogP contribution in [0.25, 0.3) is 22.6 Å². The van der Waals surface area contributed by atoms with E-state index in [-0.39, 0.29) is 0 Å². The number of benzene rings is 2. The van der Waals surface area contributed by atoms with Gasteiger partial charge in [-0.05, 0) is 62.1 Å². The van der Waals surface area contributed by atoms with E-state index in [1.165, 1.54) is 5.56 Å². The van der Waals surface area contributed by atoms with Crippen LogP contribution in [0.4, 0.5) is 5.69 Å². The highest BCUT2D eigenvalue weighted by Gasteiger charge is 2.14. The Morgan fingerprint density at radius 1 is 0.900 bits per heavy atom. The number of aromatic nitrogens is 1. The maximum atomic E-state index is 6.17. The molecule has 0 saturated heterocycles. The number of aryl methyl sites for hydroxylation is 4. The Bertz CT molecular complexity index is 815. The maximum Gasteiger partial charge on any atom is 0.229 e. The average molecular weight is 266 g/mol. The Balaban J connectivity index is 2.28. The summed E-state index contributed by atoms with van der Waals surface area (Å²) in [5.41, 5.74) is 14.0. The number of anilines is 1. The first-order valence-corrected chi connectivity index (χ1v) is 6.70. The fourth-order valence-electron chi connectivity index (χ4n) is 2.65. The van der Waals surface area contributed by atoms with Gasteiger partial charge in [0, 0.05) is 5.69 Å². The van der Waals surface area contributed by atoms with Crippen LogP contribution in [0.1, 0.15) is 22.3 Å². The molecular formula is C17H18N2O. The van der Waals surface area contributed by atoms with E-state index < -0.39 is 0 Å². The van der Waals surface area contributed by atoms with Gasteiger partial charge in [0.15, 0.2) is 5.58 Å². The van der Waals surface area contributed by atoms with Crippen LogP contribution in [-0.4, -0.2) is 4.98 Å². The van der Waals surface area contributed by atoms with Gasteiger partial charge in [0.2, 0.25) is 5.89 Å². The number of nitrogens with two attached hydrogens (primary N) is 1. The van der Waals surface area contributed by atoms with Crippen molar-refractivity contribution in [2.24, 2.45) is 0 Å². The van der Waals surface area contributed by atoms with Crippen LogP contribution in [0.15, 0.2) is 28.7 Å². The van der Waals surface area contributed by atoms with Gasteiger partial charge >= 0.3 is 0 Å². The summed E-state index contributed by atoms with van der Waals surface area (Å²) in [7, 11) is 0. The third kappa shape index (κ3) is 1.95. The fourth-order valence-corrected chi connectivity index (χ4v) is 2.65. The van der Waals surface area contributed by atoms with Crippen molar-refractivity contribution in [2.75, 3.05) is 5.73 Å². The molecule has 2 aromatic carbocycles. The number of hydrogen-bond donors (Lipinski definition) is 1. The van der Waals surface area contributed by atoms with Gasteiger partial charge in [0.1, 0.15) is 5.52 Å². The lowest BCUT2D eigenvalue weighted by Crippen LogP contribution is -1.95. The number of nitrogens with zero attached hydrogens (tertiary/aromatic N) is 1. The summed E-state index contributed by atoms with van der Waals surface area (Å²) in [6, 6.07) is 8.22. The molecule has 1 heterocycles. The minimum absolute atomic E-state index is 0.595. The topological polar surface area (TPSA) is 52.0 Å². The minimum atomic E-state index is 0.595. The highest BCUT2D eigenvalue weighted by atomic mass is 16.3. The van der Waals surface area contributed by atoms with Crippen molar-refractivity contribution in [1.82, 2.24) is 4.98 Å². The number of fused-ring (bicyclic) bond motifs is 1. The van der Waals surface area contributed by atoms with Crippen molar-refractivity contribution in [2.45, 2.75) is 27.7 Å². The Morgan fingerprint density at radius 2 is 1.55 bits per heavy atom. The van der Waals surface area contributed by atoms with E-state index >= 15 is 0 Å². The van der Waals surface area contributed by atoms with E-state index in [9.17, 15) is 0 Å². The lowest BCUT2D eigenvalue weighted by molar-refractivity contribution is 0.617. The third-order valence-electron chi connectivity index (χ3n) is 3.58. The van der Waals surface area contributed by atoms with E-state index in [2.05, 4.69) is 24.0 Å². The summed E-state index contributed by atoms with van der Waals surface area (Å²) < 4.78 is 5.94. The zero-order chi connectivity index (χ0) is 14.4. The second-order valence-electron chi connectivity index (χ2n) is 5.49. The predicted molar refractivity (Wildman–Crippen MR) is 82.8 cm³/mol. The molecule has 102 valence electrons. The maximum absolute atomic E-state index is 6.17. The number of hydrogen-bond acceptors (Lipinski definition) is 3. The molecule has 0 spiro atoms. The average Bonchev–Trinajstić information content (AvgIpc) is 2.77. The van der Waals surface area contributed by atoms with Crippen LogP contribution >= 0.6 is 0 Å². The zero-order valence-electron chi connectivity index (χ0n) is 12.2. The molecule has 3 heteroatoms. The summed E-state index contributed by atoms with van der Waals surface area (Å²) in [6.45, 7) is 8.15. The molecule has 0 saturated carbocycles. The van der Waals surface area contributed by atoms with Crippen molar-refractivity contribution in [3.05, 3.63) is 46.5 Å². The molecule has 0 atom stereocenters. The van der Waals surface area contributed by atoms with Crippen LogP contribution in [0, 0.1) is 27.7 Å². The van der Waals surface area contributed by atoms with Crippen molar-refractivity contribution >= 4 is 16.8 Å². The minimum Gasteiger partial charge on any atom is -0.436 e. The lowest BCUT2D eigenvalue weighted by Gasteiger charge is -2.06. The number of nitrogen functional groups attached to an aromatic ring is 1. The van der Waals surface area contributed by atoms with Crippen molar-refractivity contribution in [3.63, 3.8) is 0 Å². The van der Waals surface area contributed by atoms with Gasteiger partial charge in [-0.1, -0.05) is 12.1 Å². The molecule has 3 aromatic rings. The molecule has 0 amide bonds. The molecular weight excluding hydrogens is 248 g/mol. The molecule has 3 rings (SSSR count). The molecule has 1 aromatic heterocycles. The van der Waals surface area contributed by atoms with E-state index in [0.29, 0.717) is 5.89 Å². The van der Waals surface area contributed by atoms with E-state index in [4.69, 9.17) is 10.2 Å². The van der Waals surface area contributed by atoms with Crippen molar-refractivity contribution < 1.29 is 4.42 Å². The monoisotopic (exact) mass is 266 g/mol. The van der Waals surface area contributed by atoms with Gasteiger partial charge in [0.25, 0.3) is 0 Å².